The summed E-state index contributed by atoms with van der Waals surface area (Å²) >= 11 is 0. The van der Waals surface area contributed by atoms with Crippen LogP contribution >= 0.6 is 0 Å². The maximum Gasteiger partial charge on any atom is 0.197 e. The van der Waals surface area contributed by atoms with Crippen LogP contribution in [-0.2, 0) is 0 Å². The summed E-state index contributed by atoms with van der Waals surface area (Å²) in [7, 11) is 3.09. The summed E-state index contributed by atoms with van der Waals surface area (Å²) in [4.78, 5) is 16.7. The van der Waals surface area contributed by atoms with E-state index in [9.17, 15) is 4.79 Å². The molecule has 0 spiro atoms. The second kappa shape index (κ2) is 5.24. The maximum absolute atomic E-state index is 12.7. The fraction of sp³-hybridized carbons (Fsp3) is 0.133. The van der Waals surface area contributed by atoms with Crippen molar-refractivity contribution in [1.82, 2.24) is 14.6 Å². The number of nitrogens with zero attached hydrogens (tertiary/aromatic N) is 3. The Morgan fingerprint density at radius 2 is 1.81 bits per heavy atom. The standard InChI is InChI=1S/C15H13N3O3/c1-20-11-5-10(6-12(7-11)21-2)15(19)13-8-17-18-4-3-16-9-14(13)18/h3-9H,1-2H3. The topological polar surface area (TPSA) is 65.7 Å². The zero-order valence-electron chi connectivity index (χ0n) is 11.6. The first-order valence-electron chi connectivity index (χ1n) is 6.28. The summed E-state index contributed by atoms with van der Waals surface area (Å²) in [5.74, 6) is 0.967. The van der Waals surface area contributed by atoms with Crippen molar-refractivity contribution in [3.05, 3.63) is 54.1 Å². The quantitative estimate of drug-likeness (QED) is 0.685. The largest absolute Gasteiger partial charge is 0.497 e. The minimum absolute atomic E-state index is 0.157. The third-order valence-electron chi connectivity index (χ3n) is 3.18. The third-order valence-corrected chi connectivity index (χ3v) is 3.18. The molecule has 0 aliphatic rings. The van der Waals surface area contributed by atoms with E-state index < -0.39 is 0 Å². The van der Waals surface area contributed by atoms with E-state index in [0.29, 0.717) is 28.1 Å². The fourth-order valence-corrected chi connectivity index (χ4v) is 2.10. The number of ketones is 1. The monoisotopic (exact) mass is 283 g/mol. The van der Waals surface area contributed by atoms with E-state index in [0.717, 1.165) is 0 Å². The molecule has 0 bridgehead atoms. The Balaban J connectivity index is 2.09. The normalized spacial score (nSPS) is 10.6. The smallest absolute Gasteiger partial charge is 0.197 e. The molecule has 0 aliphatic heterocycles. The Labute approximate surface area is 120 Å². The highest BCUT2D eigenvalue weighted by Gasteiger charge is 2.16. The van der Waals surface area contributed by atoms with Crippen LogP contribution in [0.25, 0.3) is 5.52 Å². The van der Waals surface area contributed by atoms with Gasteiger partial charge < -0.3 is 9.47 Å². The number of ether oxygens (including phenoxy) is 2. The molecule has 2 heterocycles. The lowest BCUT2D eigenvalue weighted by Gasteiger charge is -2.07. The van der Waals surface area contributed by atoms with Crippen LogP contribution in [0, 0.1) is 0 Å². The zero-order chi connectivity index (χ0) is 14.8. The number of methoxy groups -OCH3 is 2. The molecule has 0 saturated carbocycles. The molecule has 0 saturated heterocycles. The van der Waals surface area contributed by atoms with Crippen LogP contribution < -0.4 is 9.47 Å². The summed E-state index contributed by atoms with van der Waals surface area (Å²) in [5, 5.41) is 4.14. The first-order chi connectivity index (χ1) is 10.2. The predicted octanol–water partition coefficient (Wildman–Crippen LogP) is 1.98. The molecule has 3 rings (SSSR count). The number of aromatic nitrogens is 3. The van der Waals surface area contributed by atoms with Crippen molar-refractivity contribution in [3.63, 3.8) is 0 Å². The van der Waals surface area contributed by atoms with Crippen LogP contribution in [0.3, 0.4) is 0 Å². The van der Waals surface area contributed by atoms with Crippen LogP contribution in [0.5, 0.6) is 11.5 Å². The van der Waals surface area contributed by atoms with Gasteiger partial charge in [-0.1, -0.05) is 0 Å². The van der Waals surface area contributed by atoms with Crippen molar-refractivity contribution in [2.24, 2.45) is 0 Å². The van der Waals surface area contributed by atoms with Crippen molar-refractivity contribution in [2.75, 3.05) is 14.2 Å². The van der Waals surface area contributed by atoms with Crippen molar-refractivity contribution in [2.45, 2.75) is 0 Å². The highest BCUT2D eigenvalue weighted by atomic mass is 16.5. The first-order valence-corrected chi connectivity index (χ1v) is 6.28. The van der Waals surface area contributed by atoms with Crippen LogP contribution in [0.2, 0.25) is 0 Å². The van der Waals surface area contributed by atoms with Gasteiger partial charge in [-0.05, 0) is 12.1 Å². The Hall–Kier alpha value is -2.89. The highest BCUT2D eigenvalue weighted by molar-refractivity contribution is 6.13. The van der Waals surface area contributed by atoms with Crippen molar-refractivity contribution >= 4 is 11.3 Å². The summed E-state index contributed by atoms with van der Waals surface area (Å²) in [5.41, 5.74) is 1.62. The minimum Gasteiger partial charge on any atom is -0.497 e. The minimum atomic E-state index is -0.157. The molecule has 3 aromatic rings. The van der Waals surface area contributed by atoms with Gasteiger partial charge in [0.1, 0.15) is 11.5 Å². The molecule has 0 atom stereocenters. The molecule has 0 N–H and O–H groups in total. The molecule has 0 aliphatic carbocycles. The van der Waals surface area contributed by atoms with Crippen molar-refractivity contribution < 1.29 is 14.3 Å². The van der Waals surface area contributed by atoms with E-state index in [4.69, 9.17) is 9.47 Å². The van der Waals surface area contributed by atoms with Gasteiger partial charge in [0, 0.05) is 24.0 Å². The number of carbonyl (C=O) groups excluding carboxylic acids is 1. The molecular formula is C15H13N3O3. The van der Waals surface area contributed by atoms with Gasteiger partial charge >= 0.3 is 0 Å². The van der Waals surface area contributed by atoms with E-state index >= 15 is 0 Å². The number of benzene rings is 1. The van der Waals surface area contributed by atoms with Gasteiger partial charge in [0.05, 0.1) is 37.7 Å². The third kappa shape index (κ3) is 2.31. The molecule has 0 fully saturated rings. The van der Waals surface area contributed by atoms with E-state index in [1.807, 2.05) is 0 Å². The second-order valence-electron chi connectivity index (χ2n) is 4.39. The molecule has 0 amide bonds. The SMILES string of the molecule is COc1cc(OC)cc(C(=O)c2cnn3ccncc23)c1. The Morgan fingerprint density at radius 1 is 1.10 bits per heavy atom. The molecule has 2 aromatic heterocycles. The molecule has 0 unspecified atom stereocenters. The Morgan fingerprint density at radius 3 is 2.48 bits per heavy atom. The molecule has 6 heteroatoms. The van der Waals surface area contributed by atoms with Gasteiger partial charge in [-0.15, -0.1) is 0 Å². The zero-order valence-corrected chi connectivity index (χ0v) is 11.6. The summed E-state index contributed by atoms with van der Waals surface area (Å²) < 4.78 is 12.0. The van der Waals surface area contributed by atoms with E-state index in [1.54, 1.807) is 55.5 Å². The van der Waals surface area contributed by atoms with E-state index in [1.165, 1.54) is 6.20 Å². The predicted molar refractivity (Wildman–Crippen MR) is 76.0 cm³/mol. The van der Waals surface area contributed by atoms with Gasteiger partial charge in [0.25, 0.3) is 0 Å². The van der Waals surface area contributed by atoms with Gasteiger partial charge in [-0.3, -0.25) is 9.78 Å². The van der Waals surface area contributed by atoms with Gasteiger partial charge in [0.15, 0.2) is 5.78 Å². The van der Waals surface area contributed by atoms with Crippen LogP contribution in [-0.4, -0.2) is 34.6 Å². The average molecular weight is 283 g/mol. The summed E-state index contributed by atoms with van der Waals surface area (Å²) in [6.07, 6.45) is 6.45. The lowest BCUT2D eigenvalue weighted by molar-refractivity contribution is 0.103. The Bertz CT molecular complexity index is 789. The molecule has 6 nitrogen and oxygen atoms in total. The van der Waals surface area contributed by atoms with Gasteiger partial charge in [0.2, 0.25) is 0 Å². The summed E-state index contributed by atoms with van der Waals surface area (Å²) in [6, 6.07) is 5.06. The first kappa shape index (κ1) is 13.1. The molecule has 21 heavy (non-hydrogen) atoms. The van der Waals surface area contributed by atoms with Crippen LogP contribution in [0.15, 0.2) is 43.0 Å². The van der Waals surface area contributed by atoms with Crippen molar-refractivity contribution in [3.8, 4) is 11.5 Å². The van der Waals surface area contributed by atoms with Crippen LogP contribution in [0.4, 0.5) is 0 Å². The number of carbonyl (C=O) groups is 1. The van der Waals surface area contributed by atoms with Gasteiger partial charge in [-0.2, -0.15) is 5.10 Å². The fourth-order valence-electron chi connectivity index (χ4n) is 2.10. The molecule has 106 valence electrons. The van der Waals surface area contributed by atoms with Gasteiger partial charge in [-0.25, -0.2) is 4.52 Å². The number of rotatable bonds is 4. The van der Waals surface area contributed by atoms with E-state index in [-0.39, 0.29) is 5.78 Å². The second-order valence-corrected chi connectivity index (χ2v) is 4.39. The number of hydrogen-bond donors (Lipinski definition) is 0. The lowest BCUT2D eigenvalue weighted by atomic mass is 10.0. The lowest BCUT2D eigenvalue weighted by Crippen LogP contribution is -2.02. The average Bonchev–Trinajstić information content (AvgIpc) is 2.97. The maximum atomic E-state index is 12.7. The highest BCUT2D eigenvalue weighted by Crippen LogP contribution is 2.25. The van der Waals surface area contributed by atoms with Crippen LogP contribution in [0.1, 0.15) is 15.9 Å². The molecule has 0 radical (unpaired) electrons. The molecular weight excluding hydrogens is 270 g/mol. The van der Waals surface area contributed by atoms with Crippen molar-refractivity contribution in [1.29, 1.82) is 0 Å². The Kier molecular flexibility index (Phi) is 3.27. The van der Waals surface area contributed by atoms with E-state index in [2.05, 4.69) is 10.1 Å². The number of hydrogen-bond acceptors (Lipinski definition) is 5. The summed E-state index contributed by atoms with van der Waals surface area (Å²) in [6.45, 7) is 0. The number of fused-ring (bicyclic) bond motifs is 1. The molecule has 1 aromatic carbocycles.